The van der Waals surface area contributed by atoms with Gasteiger partial charge in [-0.3, -0.25) is 18.9 Å². The van der Waals surface area contributed by atoms with E-state index in [4.69, 9.17) is 0 Å². The van der Waals surface area contributed by atoms with Crippen molar-refractivity contribution in [3.8, 4) is 0 Å². The average Bonchev–Trinajstić information content (AvgIpc) is 3.25. The van der Waals surface area contributed by atoms with Crippen LogP contribution in [-0.4, -0.2) is 42.2 Å². The molecular weight excluding hydrogens is 416 g/mol. The van der Waals surface area contributed by atoms with Crippen LogP contribution < -0.4 is 10.9 Å². The van der Waals surface area contributed by atoms with Gasteiger partial charge >= 0.3 is 0 Å². The summed E-state index contributed by atoms with van der Waals surface area (Å²) in [7, 11) is 0. The minimum Gasteiger partial charge on any atom is -0.345 e. The monoisotopic (exact) mass is 442 g/mol. The molecule has 3 fully saturated rings. The number of nitrogens with zero attached hydrogens (tertiary/aromatic N) is 5. The summed E-state index contributed by atoms with van der Waals surface area (Å²) in [5.74, 6) is 0.479. The number of imidazole rings is 1. The number of carbonyl (C=O) groups is 1. The third-order valence-electron chi connectivity index (χ3n) is 7.01. The number of fused-ring (bicyclic) bond motifs is 5. The second-order valence-electron chi connectivity index (χ2n) is 9.23. The van der Waals surface area contributed by atoms with Crippen LogP contribution in [-0.2, 0) is 13.1 Å². The largest absolute Gasteiger partial charge is 0.345 e. The molecule has 4 aromatic heterocycles. The molecule has 0 unspecified atom stereocenters. The molecule has 2 saturated heterocycles. The van der Waals surface area contributed by atoms with Gasteiger partial charge in [0, 0.05) is 43.8 Å². The van der Waals surface area contributed by atoms with Crippen molar-refractivity contribution in [2.45, 2.75) is 44.8 Å². The molecule has 168 valence electrons. The molecule has 1 saturated carbocycles. The van der Waals surface area contributed by atoms with Crippen molar-refractivity contribution in [1.29, 1.82) is 0 Å². The zero-order valence-electron chi connectivity index (χ0n) is 18.4. The molecule has 1 amide bonds. The Morgan fingerprint density at radius 1 is 1.03 bits per heavy atom. The Balaban J connectivity index is 1.15. The summed E-state index contributed by atoms with van der Waals surface area (Å²) in [4.78, 5) is 36.4. The van der Waals surface area contributed by atoms with Gasteiger partial charge in [0.05, 0.1) is 12.2 Å². The van der Waals surface area contributed by atoms with Crippen LogP contribution in [0, 0.1) is 5.92 Å². The molecule has 4 aromatic rings. The van der Waals surface area contributed by atoms with Gasteiger partial charge in [0.25, 0.3) is 11.5 Å². The normalized spacial score (nSPS) is 20.5. The summed E-state index contributed by atoms with van der Waals surface area (Å²) in [6.45, 7) is 2.46. The fourth-order valence-corrected chi connectivity index (χ4v) is 5.30. The molecule has 2 bridgehead atoms. The van der Waals surface area contributed by atoms with Crippen molar-refractivity contribution >= 4 is 17.2 Å². The number of pyridine rings is 2. The van der Waals surface area contributed by atoms with Crippen molar-refractivity contribution in [3.63, 3.8) is 0 Å². The highest BCUT2D eigenvalue weighted by Gasteiger charge is 2.33. The maximum Gasteiger partial charge on any atom is 0.270 e. The highest BCUT2D eigenvalue weighted by molar-refractivity contribution is 5.92. The first-order valence-electron chi connectivity index (χ1n) is 11.6. The predicted molar refractivity (Wildman–Crippen MR) is 124 cm³/mol. The molecule has 1 aliphatic carbocycles. The topological polar surface area (TPSA) is 84.0 Å². The Labute approximate surface area is 190 Å². The standard InChI is InChI=1S/C25H26N6O2/c32-24-11-21(28-23-3-1-2-10-31(23)24)25(33)26-12-19-16-30-15-18(6-9-22(30)27-19)14-29-13-17-4-7-20(29)8-5-17/h1-3,6,9-11,15-17,20H,4-5,7-8,12-14H2,(H,26,33). The van der Waals surface area contributed by atoms with Crippen LogP contribution in [0.15, 0.2) is 59.8 Å². The van der Waals surface area contributed by atoms with Crippen molar-refractivity contribution in [2.24, 2.45) is 5.92 Å². The minimum absolute atomic E-state index is 0.105. The zero-order chi connectivity index (χ0) is 22.4. The molecule has 8 nitrogen and oxygen atoms in total. The fourth-order valence-electron chi connectivity index (χ4n) is 5.30. The number of rotatable bonds is 5. The van der Waals surface area contributed by atoms with Crippen LogP contribution in [0.25, 0.3) is 11.3 Å². The number of aromatic nitrogens is 4. The van der Waals surface area contributed by atoms with Crippen LogP contribution >= 0.6 is 0 Å². The molecule has 2 aliphatic heterocycles. The van der Waals surface area contributed by atoms with E-state index in [9.17, 15) is 9.59 Å². The van der Waals surface area contributed by atoms with Gasteiger partial charge in [-0.1, -0.05) is 12.1 Å². The highest BCUT2D eigenvalue weighted by Crippen LogP contribution is 2.35. The van der Waals surface area contributed by atoms with Gasteiger partial charge in [-0.25, -0.2) is 9.97 Å². The molecule has 0 spiro atoms. The van der Waals surface area contributed by atoms with E-state index in [0.717, 1.165) is 29.8 Å². The van der Waals surface area contributed by atoms with E-state index in [2.05, 4.69) is 32.4 Å². The summed E-state index contributed by atoms with van der Waals surface area (Å²) in [6.07, 6.45) is 11.2. The second-order valence-corrected chi connectivity index (χ2v) is 9.23. The van der Waals surface area contributed by atoms with Crippen LogP contribution in [0.5, 0.6) is 0 Å². The number of hydrogen-bond donors (Lipinski definition) is 1. The molecule has 7 rings (SSSR count). The lowest BCUT2D eigenvalue weighted by Gasteiger charge is -2.45. The van der Waals surface area contributed by atoms with Gasteiger partial charge in [-0.15, -0.1) is 0 Å². The first-order valence-corrected chi connectivity index (χ1v) is 11.6. The predicted octanol–water partition coefficient (Wildman–Crippen LogP) is 2.65. The van der Waals surface area contributed by atoms with Gasteiger partial charge in [-0.2, -0.15) is 0 Å². The first-order chi connectivity index (χ1) is 16.1. The average molecular weight is 443 g/mol. The van der Waals surface area contributed by atoms with E-state index in [1.54, 1.807) is 24.4 Å². The van der Waals surface area contributed by atoms with Gasteiger partial charge in [0.1, 0.15) is 17.0 Å². The molecule has 3 aliphatic rings. The summed E-state index contributed by atoms with van der Waals surface area (Å²) in [5.41, 5.74) is 3.16. The van der Waals surface area contributed by atoms with Crippen LogP contribution in [0.4, 0.5) is 0 Å². The molecular formula is C25H26N6O2. The summed E-state index contributed by atoms with van der Waals surface area (Å²) >= 11 is 0. The lowest BCUT2D eigenvalue weighted by atomic mass is 9.80. The van der Waals surface area contributed by atoms with Gasteiger partial charge in [-0.05, 0) is 55.4 Å². The Kier molecular flexibility index (Phi) is 4.95. The number of hydrogen-bond acceptors (Lipinski definition) is 5. The second kappa shape index (κ2) is 8.12. The van der Waals surface area contributed by atoms with E-state index >= 15 is 0 Å². The van der Waals surface area contributed by atoms with E-state index < -0.39 is 5.91 Å². The summed E-state index contributed by atoms with van der Waals surface area (Å²) in [5, 5.41) is 2.83. The molecule has 6 heterocycles. The van der Waals surface area contributed by atoms with Crippen LogP contribution in [0.3, 0.4) is 0 Å². The molecule has 1 N–H and O–H groups in total. The van der Waals surface area contributed by atoms with Crippen molar-refractivity contribution < 1.29 is 4.79 Å². The van der Waals surface area contributed by atoms with Gasteiger partial charge < -0.3 is 9.72 Å². The molecule has 0 aromatic carbocycles. The number of carbonyl (C=O) groups excluding carboxylic acids is 1. The quantitative estimate of drug-likeness (QED) is 0.514. The van der Waals surface area contributed by atoms with Gasteiger partial charge in [0.2, 0.25) is 0 Å². The lowest BCUT2D eigenvalue weighted by Crippen LogP contribution is -2.47. The van der Waals surface area contributed by atoms with Crippen molar-refractivity contribution in [1.82, 2.24) is 29.0 Å². The number of nitrogens with one attached hydrogen (secondary N) is 1. The van der Waals surface area contributed by atoms with Crippen molar-refractivity contribution in [3.05, 3.63) is 82.3 Å². The third-order valence-corrected chi connectivity index (χ3v) is 7.01. The van der Waals surface area contributed by atoms with E-state index in [1.807, 2.05) is 16.7 Å². The SMILES string of the molecule is O=C(NCc1cn2cc(CN3CC4CCC3CC4)ccc2n1)c1cc(=O)n2ccccc2n1. The molecule has 33 heavy (non-hydrogen) atoms. The first kappa shape index (κ1) is 20.1. The van der Waals surface area contributed by atoms with Crippen molar-refractivity contribution in [2.75, 3.05) is 6.54 Å². The number of amides is 1. The van der Waals surface area contributed by atoms with Crippen LogP contribution in [0.1, 0.15) is 47.4 Å². The van der Waals surface area contributed by atoms with Gasteiger partial charge in [0.15, 0.2) is 0 Å². The third kappa shape index (κ3) is 3.91. The number of piperidine rings is 2. The molecule has 0 atom stereocenters. The van der Waals surface area contributed by atoms with E-state index in [0.29, 0.717) is 5.65 Å². The summed E-state index contributed by atoms with van der Waals surface area (Å²) < 4.78 is 3.44. The Hall–Kier alpha value is -3.52. The van der Waals surface area contributed by atoms with E-state index in [1.165, 1.54) is 48.3 Å². The lowest BCUT2D eigenvalue weighted by molar-refractivity contribution is 0.0425. The Morgan fingerprint density at radius 2 is 1.91 bits per heavy atom. The maximum atomic E-state index is 12.6. The Bertz CT molecular complexity index is 1400. The van der Waals surface area contributed by atoms with E-state index in [-0.39, 0.29) is 17.8 Å². The highest BCUT2D eigenvalue weighted by atomic mass is 16.2. The smallest absolute Gasteiger partial charge is 0.270 e. The minimum atomic E-state index is -0.392. The summed E-state index contributed by atoms with van der Waals surface area (Å²) in [6, 6.07) is 11.4. The fraction of sp³-hybridized carbons (Fsp3) is 0.360. The maximum absolute atomic E-state index is 12.6. The van der Waals surface area contributed by atoms with Crippen LogP contribution in [0.2, 0.25) is 0 Å². The molecule has 8 heteroatoms. The Morgan fingerprint density at radius 3 is 2.73 bits per heavy atom. The zero-order valence-corrected chi connectivity index (χ0v) is 18.4. The molecule has 0 radical (unpaired) electrons.